The van der Waals surface area contributed by atoms with Crippen LogP contribution in [0.3, 0.4) is 0 Å². The highest BCUT2D eigenvalue weighted by Crippen LogP contribution is 2.37. The molecule has 4 aromatic rings. The smallest absolute Gasteiger partial charge is 0.355 e. The van der Waals surface area contributed by atoms with Crippen molar-refractivity contribution in [1.29, 1.82) is 0 Å². The van der Waals surface area contributed by atoms with Crippen molar-refractivity contribution < 1.29 is 27.4 Å². The molecule has 1 saturated carbocycles. The fourth-order valence-corrected chi connectivity index (χ4v) is 5.61. The molecule has 0 aliphatic heterocycles. The van der Waals surface area contributed by atoms with Crippen molar-refractivity contribution in [2.45, 2.75) is 37.2 Å². The summed E-state index contributed by atoms with van der Waals surface area (Å²) >= 11 is 1.11. The van der Waals surface area contributed by atoms with E-state index in [1.165, 1.54) is 23.6 Å². The maximum atomic E-state index is 14.8. The number of primary sulfonamides is 1. The van der Waals surface area contributed by atoms with Gasteiger partial charge in [-0.2, -0.15) is 0 Å². The Labute approximate surface area is 252 Å². The quantitative estimate of drug-likeness (QED) is 0.172. The Hall–Kier alpha value is -4.39. The summed E-state index contributed by atoms with van der Waals surface area (Å²) in [7, 11) is -3.88. The highest BCUT2D eigenvalue weighted by molar-refractivity contribution is 7.89. The van der Waals surface area contributed by atoms with Crippen LogP contribution >= 0.6 is 11.3 Å². The topological polar surface area (TPSA) is 158 Å². The number of rotatable bonds is 12. The number of carboxylic acid groups (broad SMARTS) is 1. The number of hydrogen-bond acceptors (Lipinski definition) is 8. The summed E-state index contributed by atoms with van der Waals surface area (Å²) in [6, 6.07) is 19.9. The summed E-state index contributed by atoms with van der Waals surface area (Å²) in [5.41, 5.74) is 10.4. The van der Waals surface area contributed by atoms with Crippen molar-refractivity contribution in [2.24, 2.45) is 21.8 Å². The number of aliphatic imine (C=N–C) groups is 1. The maximum Gasteiger partial charge on any atom is 0.355 e. The van der Waals surface area contributed by atoms with Gasteiger partial charge in [0.1, 0.15) is 6.61 Å². The van der Waals surface area contributed by atoms with Crippen LogP contribution in [-0.4, -0.2) is 30.2 Å². The molecule has 5 rings (SSSR count). The normalized spacial score (nSPS) is 14.3. The lowest BCUT2D eigenvalue weighted by Crippen LogP contribution is -2.15. The Morgan fingerprint density at radius 1 is 1.07 bits per heavy atom. The molecule has 222 valence electrons. The molecule has 1 fully saturated rings. The highest BCUT2D eigenvalue weighted by atomic mass is 32.2. The molecule has 0 amide bonds. The zero-order chi connectivity index (χ0) is 30.6. The van der Waals surface area contributed by atoms with Crippen LogP contribution in [0.25, 0.3) is 5.70 Å². The number of nitrogens with zero attached hydrogens (tertiary/aromatic N) is 2. The summed E-state index contributed by atoms with van der Waals surface area (Å²) in [6.45, 7) is 0.165. The van der Waals surface area contributed by atoms with E-state index in [9.17, 15) is 22.7 Å². The van der Waals surface area contributed by atoms with Crippen LogP contribution in [0.15, 0.2) is 93.6 Å². The number of allylic oxidation sites excluding steroid dienone is 1. The molecular weight excluding hydrogens is 591 g/mol. The van der Waals surface area contributed by atoms with Gasteiger partial charge in [-0.1, -0.05) is 42.5 Å². The van der Waals surface area contributed by atoms with Gasteiger partial charge >= 0.3 is 5.97 Å². The number of aromatic carboxylic acids is 1. The molecular formula is C31H29FN4O5S2. The van der Waals surface area contributed by atoms with Gasteiger partial charge in [0, 0.05) is 34.3 Å². The van der Waals surface area contributed by atoms with Crippen molar-refractivity contribution in [2.75, 3.05) is 0 Å². The number of sulfonamides is 1. The molecule has 5 N–H and O–H groups in total. The van der Waals surface area contributed by atoms with Crippen molar-refractivity contribution in [1.82, 2.24) is 4.98 Å². The predicted molar refractivity (Wildman–Crippen MR) is 163 cm³/mol. The van der Waals surface area contributed by atoms with Crippen LogP contribution in [0.2, 0.25) is 0 Å². The second-order valence-corrected chi connectivity index (χ2v) is 12.6. The standard InChI is InChI=1S/C31H29FN4O5S2/c32-25-13-10-22(16-28(25)41-17-21-4-2-1-3-5-21)29(33)24(14-19-8-11-23(12-9-19)43(34,39)40)26(15-20-6-7-20)35-31-36-27(18-42-31)30(37)38/h1-5,8-13,16,18,20H,6-7,14-15,17,33H2,(H,37,38)(H2,34,39,40). The van der Waals surface area contributed by atoms with Crippen molar-refractivity contribution in [3.8, 4) is 5.75 Å². The Bertz CT molecular complexity index is 1800. The third-order valence-electron chi connectivity index (χ3n) is 6.91. The Balaban J connectivity index is 1.57. The van der Waals surface area contributed by atoms with E-state index >= 15 is 0 Å². The van der Waals surface area contributed by atoms with Gasteiger partial charge in [0.15, 0.2) is 17.3 Å². The van der Waals surface area contributed by atoms with E-state index in [1.807, 2.05) is 30.3 Å². The third-order valence-corrected chi connectivity index (χ3v) is 8.57. The minimum absolute atomic E-state index is 0.0238. The minimum Gasteiger partial charge on any atom is -0.486 e. The molecule has 0 atom stereocenters. The zero-order valence-corrected chi connectivity index (χ0v) is 24.6. The molecule has 0 bridgehead atoms. The molecule has 0 unspecified atom stereocenters. The average Bonchev–Trinajstić information content (AvgIpc) is 3.68. The average molecular weight is 621 g/mol. The molecule has 1 aliphatic rings. The van der Waals surface area contributed by atoms with Gasteiger partial charge in [-0.25, -0.2) is 32.7 Å². The number of carbonyl (C=O) groups is 1. The van der Waals surface area contributed by atoms with Crippen molar-refractivity contribution >= 4 is 43.9 Å². The molecule has 1 aromatic heterocycles. The number of carboxylic acids is 1. The number of ether oxygens (including phenoxy) is 1. The van der Waals surface area contributed by atoms with Crippen LogP contribution < -0.4 is 15.6 Å². The molecule has 3 aromatic carbocycles. The van der Waals surface area contributed by atoms with E-state index in [0.717, 1.165) is 35.3 Å². The van der Waals surface area contributed by atoms with Crippen molar-refractivity contribution in [3.05, 3.63) is 112 Å². The summed E-state index contributed by atoms with van der Waals surface area (Å²) in [5.74, 6) is -1.28. The maximum absolute atomic E-state index is 14.8. The summed E-state index contributed by atoms with van der Waals surface area (Å²) in [4.78, 5) is 20.3. The monoisotopic (exact) mass is 620 g/mol. The fraction of sp³-hybridized carbons (Fsp3) is 0.194. The molecule has 1 aliphatic carbocycles. The van der Waals surface area contributed by atoms with E-state index in [2.05, 4.69) is 4.98 Å². The molecule has 1 heterocycles. The molecule has 0 spiro atoms. The van der Waals surface area contributed by atoms with Gasteiger partial charge in [-0.3, -0.25) is 0 Å². The Morgan fingerprint density at radius 3 is 2.42 bits per heavy atom. The first kappa shape index (κ1) is 30.1. The molecule has 12 heteroatoms. The van der Waals surface area contributed by atoms with E-state index in [4.69, 9.17) is 20.6 Å². The predicted octanol–water partition coefficient (Wildman–Crippen LogP) is 5.69. The Morgan fingerprint density at radius 2 is 1.79 bits per heavy atom. The lowest BCUT2D eigenvalue weighted by Gasteiger charge is -2.17. The zero-order valence-electron chi connectivity index (χ0n) is 22.9. The second-order valence-electron chi connectivity index (χ2n) is 10.2. The van der Waals surface area contributed by atoms with E-state index in [1.54, 1.807) is 24.3 Å². The number of nitrogens with two attached hydrogens (primary N) is 2. The van der Waals surface area contributed by atoms with Crippen molar-refractivity contribution in [3.63, 3.8) is 0 Å². The van der Waals surface area contributed by atoms with Gasteiger partial charge in [-0.05, 0) is 66.6 Å². The van der Waals surface area contributed by atoms with Gasteiger partial charge < -0.3 is 15.6 Å². The fourth-order valence-electron chi connectivity index (χ4n) is 4.41. The first-order valence-electron chi connectivity index (χ1n) is 13.4. The molecule has 0 radical (unpaired) electrons. The van der Waals surface area contributed by atoms with Crippen LogP contribution in [0.5, 0.6) is 5.75 Å². The third kappa shape index (κ3) is 7.92. The van der Waals surface area contributed by atoms with Crippen LogP contribution in [-0.2, 0) is 23.1 Å². The first-order valence-corrected chi connectivity index (χ1v) is 15.8. The van der Waals surface area contributed by atoms with E-state index < -0.39 is 21.8 Å². The van der Waals surface area contributed by atoms with E-state index in [-0.39, 0.29) is 34.5 Å². The summed E-state index contributed by atoms with van der Waals surface area (Å²) < 4.78 is 44.2. The number of aromatic nitrogens is 1. The minimum atomic E-state index is -3.88. The molecule has 0 saturated heterocycles. The number of halogens is 1. The van der Waals surface area contributed by atoms with Gasteiger partial charge in [0.2, 0.25) is 15.2 Å². The molecule has 9 nitrogen and oxygen atoms in total. The lowest BCUT2D eigenvalue weighted by atomic mass is 9.93. The largest absolute Gasteiger partial charge is 0.486 e. The van der Waals surface area contributed by atoms with E-state index in [0.29, 0.717) is 34.9 Å². The highest BCUT2D eigenvalue weighted by Gasteiger charge is 2.27. The Kier molecular flexibility index (Phi) is 9.00. The van der Waals surface area contributed by atoms with Crippen LogP contribution in [0, 0.1) is 11.7 Å². The summed E-state index contributed by atoms with van der Waals surface area (Å²) in [5, 5.41) is 16.3. The first-order chi connectivity index (χ1) is 20.6. The lowest BCUT2D eigenvalue weighted by molar-refractivity contribution is 0.0691. The van der Waals surface area contributed by atoms with Gasteiger partial charge in [0.05, 0.1) is 4.90 Å². The van der Waals surface area contributed by atoms with Crippen LogP contribution in [0.1, 0.15) is 46.4 Å². The SMILES string of the molecule is NC(=C(Cc1ccc(S(N)(=O)=O)cc1)C(CC1CC1)=Nc1nc(C(=O)O)cs1)c1ccc(F)c(OCc2ccccc2)c1. The van der Waals surface area contributed by atoms with Gasteiger partial charge in [0.25, 0.3) is 0 Å². The number of benzene rings is 3. The second kappa shape index (κ2) is 12.9. The van der Waals surface area contributed by atoms with Gasteiger partial charge in [-0.15, -0.1) is 11.3 Å². The molecule has 43 heavy (non-hydrogen) atoms. The number of thiazole rings is 1. The summed E-state index contributed by atoms with van der Waals surface area (Å²) in [6.07, 6.45) is 2.87. The number of hydrogen-bond donors (Lipinski definition) is 3. The van der Waals surface area contributed by atoms with Crippen LogP contribution in [0.4, 0.5) is 9.52 Å².